The molecule has 0 atom stereocenters. The number of fused-ring (bicyclic) bond motifs is 1. The number of rotatable bonds is 9. The average Bonchev–Trinajstić information content (AvgIpc) is 3.47. The van der Waals surface area contributed by atoms with Crippen molar-refractivity contribution < 1.29 is 9.90 Å². The Morgan fingerprint density at radius 1 is 1.09 bits per heavy atom. The molecule has 8 heteroatoms. The van der Waals surface area contributed by atoms with E-state index in [4.69, 9.17) is 10.1 Å². The topological polar surface area (TPSA) is 96.2 Å². The highest BCUT2D eigenvalue weighted by atomic mass is 16.4. The summed E-state index contributed by atoms with van der Waals surface area (Å²) in [5.74, 6) is 0. The lowest BCUT2D eigenvalue weighted by Crippen LogP contribution is -2.43. The maximum Gasteiger partial charge on any atom is 0.404 e. The molecule has 1 saturated heterocycles. The summed E-state index contributed by atoms with van der Waals surface area (Å²) in [6.07, 6.45) is 14.2. The molecule has 33 heavy (non-hydrogen) atoms. The van der Waals surface area contributed by atoms with Gasteiger partial charge in [-0.05, 0) is 50.7 Å². The number of amides is 1. The Bertz CT molecular complexity index is 1100. The van der Waals surface area contributed by atoms with Gasteiger partial charge in [-0.2, -0.15) is 5.10 Å². The van der Waals surface area contributed by atoms with Crippen molar-refractivity contribution in [3.8, 4) is 11.3 Å². The molecule has 1 aliphatic carbocycles. The molecule has 1 aliphatic heterocycles. The van der Waals surface area contributed by atoms with Gasteiger partial charge in [0.1, 0.15) is 0 Å². The van der Waals surface area contributed by atoms with Crippen molar-refractivity contribution in [1.29, 1.82) is 0 Å². The zero-order chi connectivity index (χ0) is 22.7. The Morgan fingerprint density at radius 2 is 1.88 bits per heavy atom. The molecule has 2 N–H and O–H groups in total. The monoisotopic (exact) mass is 448 g/mol. The van der Waals surface area contributed by atoms with E-state index in [2.05, 4.69) is 31.2 Å². The summed E-state index contributed by atoms with van der Waals surface area (Å²) in [4.78, 5) is 22.5. The van der Waals surface area contributed by atoms with Gasteiger partial charge in [0.25, 0.3) is 0 Å². The van der Waals surface area contributed by atoms with Crippen LogP contribution >= 0.6 is 0 Å². The number of nitrogens with one attached hydrogen (secondary N) is 1. The molecule has 1 saturated carbocycles. The number of hydrogen-bond donors (Lipinski definition) is 2. The van der Waals surface area contributed by atoms with Crippen molar-refractivity contribution in [2.75, 3.05) is 19.6 Å². The fourth-order valence-corrected chi connectivity index (χ4v) is 5.19. The van der Waals surface area contributed by atoms with E-state index in [0.29, 0.717) is 18.1 Å². The van der Waals surface area contributed by atoms with Crippen LogP contribution in [0.25, 0.3) is 22.3 Å². The third kappa shape index (κ3) is 5.00. The lowest BCUT2D eigenvalue weighted by Gasteiger charge is -2.38. The summed E-state index contributed by atoms with van der Waals surface area (Å²) in [5, 5.41) is 15.8. The summed E-state index contributed by atoms with van der Waals surface area (Å²) in [5.41, 5.74) is 4.11. The second-order valence-electron chi connectivity index (χ2n) is 9.44. The average molecular weight is 449 g/mol. The minimum atomic E-state index is -0.925. The molecule has 5 rings (SSSR count). The van der Waals surface area contributed by atoms with Gasteiger partial charge in [0, 0.05) is 36.9 Å². The van der Waals surface area contributed by atoms with Gasteiger partial charge < -0.3 is 10.4 Å². The molecular weight excluding hydrogens is 416 g/mol. The number of carboxylic acid groups (broad SMARTS) is 1. The molecule has 0 radical (unpaired) electrons. The molecule has 2 aromatic heterocycles. The van der Waals surface area contributed by atoms with Crippen LogP contribution in [0.2, 0.25) is 0 Å². The first-order valence-electron chi connectivity index (χ1n) is 12.1. The summed E-state index contributed by atoms with van der Waals surface area (Å²) in [6.45, 7) is 2.80. The fourth-order valence-electron chi connectivity index (χ4n) is 5.19. The van der Waals surface area contributed by atoms with Crippen molar-refractivity contribution in [2.24, 2.45) is 0 Å². The zero-order valence-electron chi connectivity index (χ0n) is 19.0. The Hall–Kier alpha value is -3.00. The second kappa shape index (κ2) is 9.47. The number of piperidine rings is 1. The van der Waals surface area contributed by atoms with Crippen LogP contribution in [-0.2, 0) is 0 Å². The number of aromatic nitrogens is 4. The first kappa shape index (κ1) is 21.8. The summed E-state index contributed by atoms with van der Waals surface area (Å²) in [6, 6.07) is 8.37. The third-order valence-electron chi connectivity index (χ3n) is 7.28. The van der Waals surface area contributed by atoms with Crippen molar-refractivity contribution in [3.63, 3.8) is 0 Å². The number of carbonyl (C=O) groups is 1. The predicted octanol–water partition coefficient (Wildman–Crippen LogP) is 4.49. The van der Waals surface area contributed by atoms with Crippen molar-refractivity contribution in [3.05, 3.63) is 42.9 Å². The van der Waals surface area contributed by atoms with Crippen LogP contribution in [0.1, 0.15) is 57.4 Å². The number of para-hydroxylation sites is 2. The molecule has 0 unspecified atom stereocenters. The molecule has 2 aliphatic rings. The summed E-state index contributed by atoms with van der Waals surface area (Å²) < 4.78 is 2.12. The molecule has 3 aromatic rings. The van der Waals surface area contributed by atoms with E-state index in [0.717, 1.165) is 61.1 Å². The first-order chi connectivity index (χ1) is 16.1. The summed E-state index contributed by atoms with van der Waals surface area (Å²) in [7, 11) is 0. The maximum atomic E-state index is 10.5. The fraction of sp³-hybridized carbons (Fsp3) is 0.520. The van der Waals surface area contributed by atoms with Gasteiger partial charge in [0.2, 0.25) is 0 Å². The Balaban J connectivity index is 1.12. The lowest BCUT2D eigenvalue weighted by atomic mass is 9.98. The molecule has 2 fully saturated rings. The molecular formula is C25H32N6O2. The van der Waals surface area contributed by atoms with E-state index in [1.54, 1.807) is 0 Å². The van der Waals surface area contributed by atoms with E-state index in [-0.39, 0.29) is 0 Å². The zero-order valence-corrected chi connectivity index (χ0v) is 19.0. The van der Waals surface area contributed by atoms with Crippen LogP contribution in [0, 0.1) is 0 Å². The van der Waals surface area contributed by atoms with Crippen LogP contribution in [0.5, 0.6) is 0 Å². The van der Waals surface area contributed by atoms with Gasteiger partial charge >= 0.3 is 6.09 Å². The predicted molar refractivity (Wildman–Crippen MR) is 127 cm³/mol. The molecule has 1 aromatic carbocycles. The molecule has 3 heterocycles. The highest BCUT2D eigenvalue weighted by Crippen LogP contribution is 2.47. The molecule has 0 bridgehead atoms. The van der Waals surface area contributed by atoms with Gasteiger partial charge in [0.15, 0.2) is 0 Å². The SMILES string of the molecule is O=C(O)NCCCCCC1(N2CCC(n3cc(-c4cnc5ccccc5n4)cn3)CC2)CC1. The van der Waals surface area contributed by atoms with Crippen LogP contribution < -0.4 is 5.32 Å². The highest BCUT2D eigenvalue weighted by Gasteiger charge is 2.47. The highest BCUT2D eigenvalue weighted by molar-refractivity contribution is 5.76. The second-order valence-corrected chi connectivity index (χ2v) is 9.44. The molecule has 1 amide bonds. The molecule has 174 valence electrons. The largest absolute Gasteiger partial charge is 0.465 e. The minimum absolute atomic E-state index is 0.404. The van der Waals surface area contributed by atoms with Crippen LogP contribution in [0.15, 0.2) is 42.9 Å². The van der Waals surface area contributed by atoms with Gasteiger partial charge in [-0.15, -0.1) is 0 Å². The van der Waals surface area contributed by atoms with Crippen molar-refractivity contribution >= 4 is 17.1 Å². The maximum absolute atomic E-state index is 10.5. The van der Waals surface area contributed by atoms with E-state index in [1.165, 1.54) is 25.7 Å². The molecule has 0 spiro atoms. The standard InChI is InChI=1S/C25H32N6O2/c32-24(33)26-13-5-1-4-10-25(11-12-25)30-14-8-20(9-15-30)31-18-19(16-28-31)23-17-27-21-6-2-3-7-22(21)29-23/h2-3,6-7,16-18,20,26H,1,4-5,8-15H2,(H,32,33). The van der Waals surface area contributed by atoms with E-state index in [1.807, 2.05) is 36.7 Å². The van der Waals surface area contributed by atoms with Gasteiger partial charge in [-0.25, -0.2) is 9.78 Å². The van der Waals surface area contributed by atoms with Gasteiger partial charge in [-0.1, -0.05) is 25.0 Å². The van der Waals surface area contributed by atoms with Crippen molar-refractivity contribution in [2.45, 2.75) is 62.9 Å². The van der Waals surface area contributed by atoms with Gasteiger partial charge in [-0.3, -0.25) is 14.6 Å². The normalized spacial score (nSPS) is 18.4. The van der Waals surface area contributed by atoms with Gasteiger partial charge in [0.05, 0.1) is 35.2 Å². The number of nitrogens with zero attached hydrogens (tertiary/aromatic N) is 5. The quantitative estimate of drug-likeness (QED) is 0.468. The Labute approximate surface area is 194 Å². The minimum Gasteiger partial charge on any atom is -0.465 e. The number of benzene rings is 1. The summed E-state index contributed by atoms with van der Waals surface area (Å²) >= 11 is 0. The third-order valence-corrected chi connectivity index (χ3v) is 7.28. The number of hydrogen-bond acceptors (Lipinski definition) is 5. The number of unbranched alkanes of at least 4 members (excludes halogenated alkanes) is 2. The van der Waals surface area contributed by atoms with E-state index < -0.39 is 6.09 Å². The Kier molecular flexibility index (Phi) is 6.26. The van der Waals surface area contributed by atoms with E-state index in [9.17, 15) is 4.79 Å². The van der Waals surface area contributed by atoms with Crippen LogP contribution in [-0.4, -0.2) is 61.0 Å². The van der Waals surface area contributed by atoms with E-state index >= 15 is 0 Å². The first-order valence-corrected chi connectivity index (χ1v) is 12.1. The number of likely N-dealkylation sites (tertiary alicyclic amines) is 1. The lowest BCUT2D eigenvalue weighted by molar-refractivity contribution is 0.108. The molecule has 8 nitrogen and oxygen atoms in total. The van der Waals surface area contributed by atoms with Crippen LogP contribution in [0.3, 0.4) is 0 Å². The van der Waals surface area contributed by atoms with Crippen LogP contribution in [0.4, 0.5) is 4.79 Å². The Morgan fingerprint density at radius 3 is 2.64 bits per heavy atom. The smallest absolute Gasteiger partial charge is 0.404 e. The van der Waals surface area contributed by atoms with Crippen molar-refractivity contribution in [1.82, 2.24) is 30.0 Å².